The second-order valence-electron chi connectivity index (χ2n) is 7.03. The molecule has 6 heteroatoms. The summed E-state index contributed by atoms with van der Waals surface area (Å²) in [6.45, 7) is 10.4. The molecule has 1 atom stereocenters. The molecule has 0 N–H and O–H groups in total. The highest BCUT2D eigenvalue weighted by Gasteiger charge is 2.22. The Morgan fingerprint density at radius 1 is 1.36 bits per heavy atom. The van der Waals surface area contributed by atoms with Crippen molar-refractivity contribution in [2.75, 3.05) is 18.8 Å². The van der Waals surface area contributed by atoms with Crippen molar-refractivity contribution in [2.24, 2.45) is 5.92 Å². The molecule has 25 heavy (non-hydrogen) atoms. The van der Waals surface area contributed by atoms with Gasteiger partial charge < -0.3 is 4.90 Å². The topological polar surface area (TPSA) is 46.1 Å². The Morgan fingerprint density at radius 3 is 2.88 bits per heavy atom. The van der Waals surface area contributed by atoms with Crippen molar-refractivity contribution in [3.05, 3.63) is 16.3 Å². The van der Waals surface area contributed by atoms with Gasteiger partial charge >= 0.3 is 0 Å². The van der Waals surface area contributed by atoms with E-state index in [0.29, 0.717) is 11.7 Å². The molecule has 1 saturated heterocycles. The van der Waals surface area contributed by atoms with Crippen LogP contribution in [0.25, 0.3) is 10.2 Å². The molecule has 4 nitrogen and oxygen atoms in total. The summed E-state index contributed by atoms with van der Waals surface area (Å²) in [6, 6.07) is 0. The number of piperidine rings is 1. The second kappa shape index (κ2) is 8.04. The van der Waals surface area contributed by atoms with E-state index in [-0.39, 0.29) is 5.91 Å². The van der Waals surface area contributed by atoms with E-state index in [1.54, 1.807) is 23.1 Å². The zero-order chi connectivity index (χ0) is 18.0. The lowest BCUT2D eigenvalue weighted by Gasteiger charge is -2.30. The van der Waals surface area contributed by atoms with Gasteiger partial charge in [-0.05, 0) is 44.6 Å². The van der Waals surface area contributed by atoms with Crippen LogP contribution in [0.4, 0.5) is 0 Å². The van der Waals surface area contributed by atoms with Crippen LogP contribution in [-0.4, -0.2) is 39.6 Å². The SMILES string of the molecule is CCCc1nc(SCC(=O)N2CCCC(C)C2)c2c(C)c(C)sc2n1. The van der Waals surface area contributed by atoms with Gasteiger partial charge in [-0.15, -0.1) is 11.3 Å². The summed E-state index contributed by atoms with van der Waals surface area (Å²) < 4.78 is 0. The normalized spacial score (nSPS) is 18.1. The van der Waals surface area contributed by atoms with E-state index in [1.807, 2.05) is 4.90 Å². The Balaban J connectivity index is 1.80. The maximum Gasteiger partial charge on any atom is 0.232 e. The summed E-state index contributed by atoms with van der Waals surface area (Å²) in [5, 5.41) is 2.13. The first-order chi connectivity index (χ1) is 12.0. The molecule has 0 radical (unpaired) electrons. The molecule has 2 aromatic rings. The largest absolute Gasteiger partial charge is 0.342 e. The lowest BCUT2D eigenvalue weighted by molar-refractivity contribution is -0.130. The number of hydrogen-bond donors (Lipinski definition) is 0. The van der Waals surface area contributed by atoms with E-state index in [4.69, 9.17) is 9.97 Å². The number of fused-ring (bicyclic) bond motifs is 1. The quantitative estimate of drug-likeness (QED) is 0.564. The Kier molecular flexibility index (Phi) is 6.00. The van der Waals surface area contributed by atoms with Crippen LogP contribution in [0.15, 0.2) is 5.03 Å². The fraction of sp³-hybridized carbons (Fsp3) is 0.632. The van der Waals surface area contributed by atoms with Gasteiger partial charge in [-0.2, -0.15) is 0 Å². The minimum Gasteiger partial charge on any atom is -0.342 e. The van der Waals surface area contributed by atoms with Gasteiger partial charge in [0.1, 0.15) is 15.7 Å². The summed E-state index contributed by atoms with van der Waals surface area (Å²) in [6.07, 6.45) is 4.27. The third kappa shape index (κ3) is 4.17. The van der Waals surface area contributed by atoms with Gasteiger partial charge in [-0.1, -0.05) is 25.6 Å². The average Bonchev–Trinajstić information content (AvgIpc) is 2.87. The van der Waals surface area contributed by atoms with Gasteiger partial charge in [0.05, 0.1) is 5.75 Å². The molecule has 0 saturated carbocycles. The van der Waals surface area contributed by atoms with Crippen LogP contribution < -0.4 is 0 Å². The molecule has 1 amide bonds. The smallest absolute Gasteiger partial charge is 0.232 e. The zero-order valence-electron chi connectivity index (χ0n) is 15.6. The summed E-state index contributed by atoms with van der Waals surface area (Å²) in [4.78, 5) is 26.5. The summed E-state index contributed by atoms with van der Waals surface area (Å²) in [7, 11) is 0. The first-order valence-electron chi connectivity index (χ1n) is 9.16. The van der Waals surface area contributed by atoms with Gasteiger partial charge in [0.15, 0.2) is 0 Å². The number of thiophene rings is 1. The van der Waals surface area contributed by atoms with Gasteiger partial charge in [0.25, 0.3) is 0 Å². The van der Waals surface area contributed by atoms with Crippen molar-refractivity contribution in [3.8, 4) is 0 Å². The highest BCUT2D eigenvalue weighted by atomic mass is 32.2. The third-order valence-corrected chi connectivity index (χ3v) is 6.92. The lowest BCUT2D eigenvalue weighted by atomic mass is 10.0. The van der Waals surface area contributed by atoms with Crippen molar-refractivity contribution in [1.29, 1.82) is 0 Å². The number of nitrogens with zero attached hydrogens (tertiary/aromatic N) is 3. The number of likely N-dealkylation sites (tertiary alicyclic amines) is 1. The summed E-state index contributed by atoms with van der Waals surface area (Å²) >= 11 is 3.32. The van der Waals surface area contributed by atoms with Crippen molar-refractivity contribution in [3.63, 3.8) is 0 Å². The number of rotatable bonds is 5. The van der Waals surface area contributed by atoms with E-state index in [0.717, 1.165) is 53.4 Å². The number of thioether (sulfide) groups is 1. The fourth-order valence-corrected chi connectivity index (χ4v) is 5.45. The second-order valence-corrected chi connectivity index (χ2v) is 9.20. The highest BCUT2D eigenvalue weighted by Crippen LogP contribution is 2.35. The van der Waals surface area contributed by atoms with E-state index in [9.17, 15) is 4.79 Å². The van der Waals surface area contributed by atoms with Crippen LogP contribution in [-0.2, 0) is 11.2 Å². The van der Waals surface area contributed by atoms with Crippen LogP contribution in [0, 0.1) is 19.8 Å². The predicted octanol–water partition coefficient (Wildman–Crippen LogP) is 4.61. The summed E-state index contributed by atoms with van der Waals surface area (Å²) in [5.74, 6) is 2.23. The molecule has 0 aliphatic carbocycles. The van der Waals surface area contributed by atoms with Gasteiger partial charge in [-0.3, -0.25) is 4.79 Å². The molecule has 1 aliphatic rings. The van der Waals surface area contributed by atoms with Gasteiger partial charge in [0.2, 0.25) is 5.91 Å². The van der Waals surface area contributed by atoms with Crippen LogP contribution in [0.3, 0.4) is 0 Å². The Labute approximate surface area is 158 Å². The molecule has 1 fully saturated rings. The molecular formula is C19H27N3OS2. The molecular weight excluding hydrogens is 350 g/mol. The highest BCUT2D eigenvalue weighted by molar-refractivity contribution is 8.00. The molecule has 0 aromatic carbocycles. The van der Waals surface area contributed by atoms with Gasteiger partial charge in [-0.25, -0.2) is 9.97 Å². The van der Waals surface area contributed by atoms with Crippen LogP contribution >= 0.6 is 23.1 Å². The monoisotopic (exact) mass is 377 g/mol. The molecule has 136 valence electrons. The van der Waals surface area contributed by atoms with Crippen molar-refractivity contribution in [1.82, 2.24) is 14.9 Å². The first kappa shape index (κ1) is 18.6. The van der Waals surface area contributed by atoms with Crippen LogP contribution in [0.5, 0.6) is 0 Å². The lowest BCUT2D eigenvalue weighted by Crippen LogP contribution is -2.40. The van der Waals surface area contributed by atoms with Crippen molar-refractivity contribution >= 4 is 39.2 Å². The predicted molar refractivity (Wildman–Crippen MR) is 107 cm³/mol. The van der Waals surface area contributed by atoms with E-state index < -0.39 is 0 Å². The number of aryl methyl sites for hydroxylation is 3. The Hall–Kier alpha value is -1.14. The average molecular weight is 378 g/mol. The van der Waals surface area contributed by atoms with E-state index in [2.05, 4.69) is 27.7 Å². The van der Waals surface area contributed by atoms with Crippen LogP contribution in [0.2, 0.25) is 0 Å². The minimum atomic E-state index is 0.241. The Bertz CT molecular complexity index is 772. The molecule has 3 rings (SSSR count). The number of amides is 1. The zero-order valence-corrected chi connectivity index (χ0v) is 17.2. The molecule has 2 aromatic heterocycles. The van der Waals surface area contributed by atoms with Crippen molar-refractivity contribution in [2.45, 2.75) is 58.4 Å². The molecule has 0 bridgehead atoms. The summed E-state index contributed by atoms with van der Waals surface area (Å²) in [5.41, 5.74) is 1.25. The minimum absolute atomic E-state index is 0.241. The van der Waals surface area contributed by atoms with E-state index >= 15 is 0 Å². The fourth-order valence-electron chi connectivity index (χ4n) is 3.33. The Morgan fingerprint density at radius 2 is 2.16 bits per heavy atom. The first-order valence-corrected chi connectivity index (χ1v) is 11.0. The van der Waals surface area contributed by atoms with E-state index in [1.165, 1.54) is 16.9 Å². The molecule has 1 aliphatic heterocycles. The number of aromatic nitrogens is 2. The number of carbonyl (C=O) groups is 1. The molecule has 3 heterocycles. The number of carbonyl (C=O) groups excluding carboxylic acids is 1. The number of hydrogen-bond acceptors (Lipinski definition) is 5. The molecule has 1 unspecified atom stereocenters. The van der Waals surface area contributed by atoms with Crippen LogP contribution in [0.1, 0.15) is 49.4 Å². The maximum absolute atomic E-state index is 12.6. The van der Waals surface area contributed by atoms with Crippen molar-refractivity contribution < 1.29 is 4.79 Å². The van der Waals surface area contributed by atoms with Gasteiger partial charge in [0, 0.05) is 29.8 Å². The third-order valence-electron chi connectivity index (χ3n) is 4.86. The standard InChI is InChI=1S/C19H27N3OS2/c1-5-7-15-20-18(17-13(3)14(4)25-19(17)21-15)24-11-16(23)22-9-6-8-12(2)10-22/h12H,5-11H2,1-4H3. The maximum atomic E-state index is 12.6. The molecule has 0 spiro atoms.